The van der Waals surface area contributed by atoms with E-state index in [2.05, 4.69) is 5.32 Å². The summed E-state index contributed by atoms with van der Waals surface area (Å²) in [5, 5.41) is 11.6. The van der Waals surface area contributed by atoms with Gasteiger partial charge in [-0.3, -0.25) is 0 Å². The van der Waals surface area contributed by atoms with E-state index in [4.69, 9.17) is 10.8 Å². The van der Waals surface area contributed by atoms with Gasteiger partial charge in [0, 0.05) is 6.04 Å². The van der Waals surface area contributed by atoms with Crippen LogP contribution in [-0.4, -0.2) is 23.8 Å². The van der Waals surface area contributed by atoms with Gasteiger partial charge in [-0.2, -0.15) is 0 Å². The Morgan fingerprint density at radius 2 is 1.94 bits per heavy atom. The molecule has 0 aliphatic heterocycles. The van der Waals surface area contributed by atoms with Gasteiger partial charge in [0.1, 0.15) is 0 Å². The summed E-state index contributed by atoms with van der Waals surface area (Å²) in [5.41, 5.74) is 6.29. The largest absolute Gasteiger partial charge is 0.465 e. The summed E-state index contributed by atoms with van der Waals surface area (Å²) in [7, 11) is 0. The molecule has 0 aromatic carbocycles. The highest BCUT2D eigenvalue weighted by molar-refractivity contribution is 5.65. The molecule has 0 radical (unpaired) electrons. The summed E-state index contributed by atoms with van der Waals surface area (Å²) >= 11 is 0. The second-order valence-electron chi connectivity index (χ2n) is 6.15. The lowest BCUT2D eigenvalue weighted by molar-refractivity contribution is -0.0693. The van der Waals surface area contributed by atoms with Gasteiger partial charge in [0.2, 0.25) is 0 Å². The van der Waals surface area contributed by atoms with Crippen LogP contribution in [0.4, 0.5) is 4.79 Å². The Morgan fingerprint density at radius 1 is 1.31 bits per heavy atom. The van der Waals surface area contributed by atoms with Crippen LogP contribution in [-0.2, 0) is 0 Å². The van der Waals surface area contributed by atoms with Crippen molar-refractivity contribution in [3.63, 3.8) is 0 Å². The molecule has 5 atom stereocenters. The fourth-order valence-electron chi connectivity index (χ4n) is 4.82. The second-order valence-corrected chi connectivity index (χ2v) is 6.15. The molecule has 0 saturated heterocycles. The predicted octanol–water partition coefficient (Wildman–Crippen LogP) is 1.41. The first-order valence-electron chi connectivity index (χ1n) is 6.31. The van der Waals surface area contributed by atoms with Crippen LogP contribution in [0.2, 0.25) is 0 Å². The lowest BCUT2D eigenvalue weighted by Gasteiger charge is -2.59. The molecule has 4 aliphatic carbocycles. The molecule has 4 heteroatoms. The number of carbonyl (C=O) groups is 1. The summed E-state index contributed by atoms with van der Waals surface area (Å²) in [5.74, 6) is 1.91. The van der Waals surface area contributed by atoms with Crippen molar-refractivity contribution in [3.8, 4) is 0 Å². The summed E-state index contributed by atoms with van der Waals surface area (Å²) in [6.07, 6.45) is 5.13. The topological polar surface area (TPSA) is 75.3 Å². The first-order chi connectivity index (χ1) is 7.62. The van der Waals surface area contributed by atoms with E-state index in [0.717, 1.165) is 25.3 Å². The standard InChI is InChI=1S/C12H20N2O2/c13-6-12-3-7-1-8(4-12)10(14-11(15)16)9(2-7)5-12/h7-10,14H,1-6,13H2,(H,15,16)/t7?,8-,9+,10?,12?. The maximum atomic E-state index is 10.8. The van der Waals surface area contributed by atoms with Gasteiger partial charge in [0.25, 0.3) is 0 Å². The molecule has 4 aliphatic rings. The average Bonchev–Trinajstić information content (AvgIpc) is 2.22. The molecule has 0 aromatic rings. The minimum Gasteiger partial charge on any atom is -0.465 e. The maximum absolute atomic E-state index is 10.8. The van der Waals surface area contributed by atoms with Crippen LogP contribution in [0.1, 0.15) is 32.1 Å². The normalized spacial score (nSPS) is 49.3. The molecule has 90 valence electrons. The van der Waals surface area contributed by atoms with E-state index in [1.54, 1.807) is 0 Å². The van der Waals surface area contributed by atoms with Crippen LogP contribution in [0, 0.1) is 23.2 Å². The van der Waals surface area contributed by atoms with Crippen molar-refractivity contribution in [2.75, 3.05) is 6.54 Å². The number of hydrogen-bond acceptors (Lipinski definition) is 2. The molecule has 3 unspecified atom stereocenters. The summed E-state index contributed by atoms with van der Waals surface area (Å²) in [4.78, 5) is 10.8. The zero-order valence-electron chi connectivity index (χ0n) is 9.48. The Bertz CT molecular complexity index is 302. The number of amides is 1. The molecule has 4 fully saturated rings. The van der Waals surface area contributed by atoms with Gasteiger partial charge in [-0.05, 0) is 61.8 Å². The van der Waals surface area contributed by atoms with E-state index in [9.17, 15) is 4.79 Å². The van der Waals surface area contributed by atoms with E-state index in [1.165, 1.54) is 19.3 Å². The minimum absolute atomic E-state index is 0.203. The summed E-state index contributed by atoms with van der Waals surface area (Å²) in [6.45, 7) is 0.788. The van der Waals surface area contributed by atoms with E-state index in [-0.39, 0.29) is 6.04 Å². The van der Waals surface area contributed by atoms with Crippen molar-refractivity contribution >= 4 is 6.09 Å². The van der Waals surface area contributed by atoms with Crippen molar-refractivity contribution < 1.29 is 9.90 Å². The molecule has 0 aromatic heterocycles. The molecule has 4 saturated carbocycles. The Labute approximate surface area is 95.6 Å². The number of nitrogens with one attached hydrogen (secondary N) is 1. The first-order valence-corrected chi connectivity index (χ1v) is 6.31. The Hall–Kier alpha value is -0.770. The number of nitrogens with two attached hydrogens (primary N) is 1. The van der Waals surface area contributed by atoms with Crippen molar-refractivity contribution in [1.29, 1.82) is 0 Å². The highest BCUT2D eigenvalue weighted by Crippen LogP contribution is 2.59. The lowest BCUT2D eigenvalue weighted by Crippen LogP contribution is -2.60. The molecule has 4 bridgehead atoms. The van der Waals surface area contributed by atoms with Crippen LogP contribution in [0.15, 0.2) is 0 Å². The van der Waals surface area contributed by atoms with E-state index >= 15 is 0 Å². The SMILES string of the molecule is NCC12CC3C[C@H](C1)C(NC(=O)O)[C@@H](C3)C2. The van der Waals surface area contributed by atoms with Gasteiger partial charge in [-0.15, -0.1) is 0 Å². The first kappa shape index (κ1) is 10.4. The van der Waals surface area contributed by atoms with Crippen molar-refractivity contribution in [2.24, 2.45) is 28.9 Å². The number of rotatable bonds is 2. The highest BCUT2D eigenvalue weighted by Gasteiger charge is 2.54. The molecule has 1 amide bonds. The molecular formula is C12H20N2O2. The zero-order valence-corrected chi connectivity index (χ0v) is 9.48. The Balaban J connectivity index is 1.81. The van der Waals surface area contributed by atoms with Crippen LogP contribution in [0.25, 0.3) is 0 Å². The van der Waals surface area contributed by atoms with Crippen LogP contribution in [0.5, 0.6) is 0 Å². The zero-order chi connectivity index (χ0) is 11.3. The van der Waals surface area contributed by atoms with Gasteiger partial charge < -0.3 is 16.2 Å². The number of carboxylic acid groups (broad SMARTS) is 1. The van der Waals surface area contributed by atoms with Gasteiger partial charge in [0.15, 0.2) is 0 Å². The number of hydrogen-bond donors (Lipinski definition) is 3. The van der Waals surface area contributed by atoms with Gasteiger partial charge in [0.05, 0.1) is 0 Å². The van der Waals surface area contributed by atoms with Crippen LogP contribution < -0.4 is 11.1 Å². The molecule has 0 heterocycles. The van der Waals surface area contributed by atoms with E-state index in [1.807, 2.05) is 0 Å². The smallest absolute Gasteiger partial charge is 0.404 e. The molecule has 16 heavy (non-hydrogen) atoms. The van der Waals surface area contributed by atoms with Crippen molar-refractivity contribution in [2.45, 2.75) is 38.1 Å². The molecule has 4 rings (SSSR count). The summed E-state index contributed by atoms with van der Waals surface area (Å²) < 4.78 is 0. The van der Waals surface area contributed by atoms with Gasteiger partial charge in [-0.25, -0.2) is 4.79 Å². The highest BCUT2D eigenvalue weighted by atomic mass is 16.4. The Kier molecular flexibility index (Phi) is 2.18. The summed E-state index contributed by atoms with van der Waals surface area (Å²) in [6, 6.07) is 0.203. The average molecular weight is 224 g/mol. The minimum atomic E-state index is -0.862. The van der Waals surface area contributed by atoms with Gasteiger partial charge >= 0.3 is 6.09 Å². The fraction of sp³-hybridized carbons (Fsp3) is 0.917. The third kappa shape index (κ3) is 1.43. The molecule has 4 nitrogen and oxygen atoms in total. The van der Waals surface area contributed by atoms with Crippen molar-refractivity contribution in [3.05, 3.63) is 0 Å². The fourth-order valence-corrected chi connectivity index (χ4v) is 4.82. The molecule has 0 spiro atoms. The quantitative estimate of drug-likeness (QED) is 0.663. The van der Waals surface area contributed by atoms with Crippen LogP contribution in [0.3, 0.4) is 0 Å². The second kappa shape index (κ2) is 3.36. The third-order valence-electron chi connectivity index (χ3n) is 5.12. The lowest BCUT2D eigenvalue weighted by atomic mass is 9.48. The van der Waals surface area contributed by atoms with Crippen molar-refractivity contribution in [1.82, 2.24) is 5.32 Å². The monoisotopic (exact) mass is 224 g/mol. The third-order valence-corrected chi connectivity index (χ3v) is 5.12. The predicted molar refractivity (Wildman–Crippen MR) is 60.0 cm³/mol. The molecule has 4 N–H and O–H groups in total. The van der Waals surface area contributed by atoms with E-state index < -0.39 is 6.09 Å². The van der Waals surface area contributed by atoms with Crippen LogP contribution >= 0.6 is 0 Å². The maximum Gasteiger partial charge on any atom is 0.404 e. The Morgan fingerprint density at radius 3 is 2.44 bits per heavy atom. The van der Waals surface area contributed by atoms with Gasteiger partial charge in [-0.1, -0.05) is 0 Å². The van der Waals surface area contributed by atoms with E-state index in [0.29, 0.717) is 17.3 Å². The molecular weight excluding hydrogens is 204 g/mol.